The van der Waals surface area contributed by atoms with E-state index in [1.165, 1.54) is 12.1 Å². The van der Waals surface area contributed by atoms with E-state index in [4.69, 9.17) is 5.41 Å². The Morgan fingerprint density at radius 2 is 1.70 bits per heavy atom. The number of nitrogens with zero attached hydrogens (tertiary/aromatic N) is 1. The summed E-state index contributed by atoms with van der Waals surface area (Å²) < 4.78 is 0. The van der Waals surface area contributed by atoms with Crippen LogP contribution in [0.15, 0.2) is 47.5 Å². The largest absolute Gasteiger partial charge is 0.508 e. The molecule has 0 aliphatic rings. The standard InChI is InChI=1S/C16H16N2O2/c1-10-3-5-12(6-4-10)16(17)18-11(2)14-8-7-13(19)9-15(14)20/h3-9,17,19-20H,1-2H3. The van der Waals surface area contributed by atoms with E-state index < -0.39 is 0 Å². The summed E-state index contributed by atoms with van der Waals surface area (Å²) in [5, 5.41) is 27.0. The van der Waals surface area contributed by atoms with Crippen molar-refractivity contribution in [1.82, 2.24) is 0 Å². The lowest BCUT2D eigenvalue weighted by atomic mass is 10.1. The van der Waals surface area contributed by atoms with Crippen molar-refractivity contribution in [2.45, 2.75) is 13.8 Å². The molecule has 0 spiro atoms. The third-order valence-electron chi connectivity index (χ3n) is 2.98. The van der Waals surface area contributed by atoms with Crippen LogP contribution in [0.1, 0.15) is 23.6 Å². The third-order valence-corrected chi connectivity index (χ3v) is 2.98. The Hall–Kier alpha value is -2.62. The zero-order chi connectivity index (χ0) is 14.7. The lowest BCUT2D eigenvalue weighted by Gasteiger charge is -2.06. The van der Waals surface area contributed by atoms with Crippen molar-refractivity contribution >= 4 is 11.5 Å². The highest BCUT2D eigenvalue weighted by molar-refractivity contribution is 6.11. The summed E-state index contributed by atoms with van der Waals surface area (Å²) in [6.07, 6.45) is 0. The van der Waals surface area contributed by atoms with Crippen LogP contribution < -0.4 is 0 Å². The summed E-state index contributed by atoms with van der Waals surface area (Å²) in [6, 6.07) is 11.8. The number of benzene rings is 2. The predicted molar refractivity (Wildman–Crippen MR) is 80.0 cm³/mol. The van der Waals surface area contributed by atoms with Gasteiger partial charge < -0.3 is 10.2 Å². The molecule has 0 aliphatic heterocycles. The van der Waals surface area contributed by atoms with Gasteiger partial charge in [0.05, 0.1) is 5.71 Å². The highest BCUT2D eigenvalue weighted by Gasteiger charge is 2.07. The minimum atomic E-state index is -0.0528. The molecule has 0 amide bonds. The van der Waals surface area contributed by atoms with Gasteiger partial charge in [-0.1, -0.05) is 29.8 Å². The van der Waals surface area contributed by atoms with Crippen LogP contribution in [0.3, 0.4) is 0 Å². The van der Waals surface area contributed by atoms with Crippen LogP contribution in [0.2, 0.25) is 0 Å². The van der Waals surface area contributed by atoms with E-state index in [0.29, 0.717) is 16.8 Å². The Kier molecular flexibility index (Phi) is 3.84. The van der Waals surface area contributed by atoms with E-state index in [0.717, 1.165) is 5.56 Å². The summed E-state index contributed by atoms with van der Waals surface area (Å²) in [4.78, 5) is 4.20. The molecule has 3 N–H and O–H groups in total. The summed E-state index contributed by atoms with van der Waals surface area (Å²) in [7, 11) is 0. The highest BCUT2D eigenvalue weighted by Crippen LogP contribution is 2.23. The van der Waals surface area contributed by atoms with Crippen LogP contribution in [0, 0.1) is 12.3 Å². The van der Waals surface area contributed by atoms with Crippen molar-refractivity contribution in [1.29, 1.82) is 5.41 Å². The Bertz CT molecular complexity index is 673. The Balaban J connectivity index is 2.29. The maximum atomic E-state index is 9.77. The molecule has 102 valence electrons. The van der Waals surface area contributed by atoms with E-state index in [2.05, 4.69) is 4.99 Å². The number of aryl methyl sites for hydroxylation is 1. The number of phenols is 2. The van der Waals surface area contributed by atoms with E-state index in [1.807, 2.05) is 31.2 Å². The first-order valence-electron chi connectivity index (χ1n) is 6.20. The highest BCUT2D eigenvalue weighted by atomic mass is 16.3. The van der Waals surface area contributed by atoms with Crippen molar-refractivity contribution in [3.63, 3.8) is 0 Å². The first-order chi connectivity index (χ1) is 9.47. The van der Waals surface area contributed by atoms with E-state index in [-0.39, 0.29) is 17.3 Å². The molecule has 0 aliphatic carbocycles. The maximum absolute atomic E-state index is 9.77. The van der Waals surface area contributed by atoms with Gasteiger partial charge in [-0.05, 0) is 26.0 Å². The molecular formula is C16H16N2O2. The lowest BCUT2D eigenvalue weighted by molar-refractivity contribution is 0.450. The van der Waals surface area contributed by atoms with Crippen molar-refractivity contribution in [2.75, 3.05) is 0 Å². The molecule has 2 aromatic carbocycles. The molecule has 0 saturated heterocycles. The van der Waals surface area contributed by atoms with Gasteiger partial charge in [0, 0.05) is 17.2 Å². The van der Waals surface area contributed by atoms with Crippen LogP contribution in [-0.2, 0) is 0 Å². The normalized spacial score (nSPS) is 11.4. The summed E-state index contributed by atoms with van der Waals surface area (Å²) in [5.41, 5.74) is 2.86. The van der Waals surface area contributed by atoms with Crippen molar-refractivity contribution in [3.8, 4) is 11.5 Å². The topological polar surface area (TPSA) is 76.7 Å². The molecule has 4 nitrogen and oxygen atoms in total. The summed E-state index contributed by atoms with van der Waals surface area (Å²) in [5.74, 6) is 0.0746. The SMILES string of the molecule is CC(=NC(=N)c1ccc(C)cc1)c1ccc(O)cc1O. The molecule has 0 unspecified atom stereocenters. The fourth-order valence-corrected chi connectivity index (χ4v) is 1.83. The quantitative estimate of drug-likeness (QED) is 0.577. The molecule has 0 radical (unpaired) electrons. The monoisotopic (exact) mass is 268 g/mol. The van der Waals surface area contributed by atoms with Gasteiger partial charge in [0.25, 0.3) is 0 Å². The summed E-state index contributed by atoms with van der Waals surface area (Å²) in [6.45, 7) is 3.70. The van der Waals surface area contributed by atoms with Crippen LogP contribution in [0.5, 0.6) is 11.5 Å². The second-order valence-electron chi connectivity index (χ2n) is 4.61. The lowest BCUT2D eigenvalue weighted by Crippen LogP contribution is -2.02. The Labute approximate surface area is 117 Å². The first-order valence-corrected chi connectivity index (χ1v) is 6.20. The molecule has 2 rings (SSSR count). The van der Waals surface area contributed by atoms with Gasteiger partial charge in [0.15, 0.2) is 5.84 Å². The molecule has 0 fully saturated rings. The second-order valence-corrected chi connectivity index (χ2v) is 4.61. The molecular weight excluding hydrogens is 252 g/mol. The molecule has 2 aromatic rings. The Morgan fingerprint density at radius 1 is 1.05 bits per heavy atom. The average Bonchev–Trinajstić information content (AvgIpc) is 2.39. The number of hydrogen-bond donors (Lipinski definition) is 3. The fourth-order valence-electron chi connectivity index (χ4n) is 1.83. The van der Waals surface area contributed by atoms with Crippen molar-refractivity contribution in [3.05, 3.63) is 59.2 Å². The molecule has 20 heavy (non-hydrogen) atoms. The van der Waals surface area contributed by atoms with Crippen LogP contribution >= 0.6 is 0 Å². The number of aromatic hydroxyl groups is 2. The number of aliphatic imine (C=N–C) groups is 1. The molecule has 0 saturated carbocycles. The average molecular weight is 268 g/mol. The van der Waals surface area contributed by atoms with E-state index >= 15 is 0 Å². The van der Waals surface area contributed by atoms with E-state index in [1.54, 1.807) is 13.0 Å². The smallest absolute Gasteiger partial charge is 0.152 e. The van der Waals surface area contributed by atoms with Crippen LogP contribution in [-0.4, -0.2) is 21.8 Å². The zero-order valence-electron chi connectivity index (χ0n) is 11.4. The summed E-state index contributed by atoms with van der Waals surface area (Å²) >= 11 is 0. The molecule has 0 aromatic heterocycles. The van der Waals surface area contributed by atoms with Gasteiger partial charge in [-0.15, -0.1) is 0 Å². The van der Waals surface area contributed by atoms with Gasteiger partial charge in [0.2, 0.25) is 0 Å². The molecule has 0 atom stereocenters. The van der Waals surface area contributed by atoms with Crippen molar-refractivity contribution in [2.24, 2.45) is 4.99 Å². The van der Waals surface area contributed by atoms with Gasteiger partial charge >= 0.3 is 0 Å². The third kappa shape index (κ3) is 3.03. The zero-order valence-corrected chi connectivity index (χ0v) is 11.4. The number of phenolic OH excluding ortho intramolecular Hbond substituents is 2. The number of hydrogen-bond acceptors (Lipinski definition) is 3. The molecule has 4 heteroatoms. The minimum absolute atomic E-state index is 0.00680. The Morgan fingerprint density at radius 3 is 2.30 bits per heavy atom. The second kappa shape index (κ2) is 5.57. The minimum Gasteiger partial charge on any atom is -0.508 e. The molecule has 0 heterocycles. The van der Waals surface area contributed by atoms with Crippen molar-refractivity contribution < 1.29 is 10.2 Å². The number of rotatable bonds is 2. The fraction of sp³-hybridized carbons (Fsp3) is 0.125. The van der Waals surface area contributed by atoms with Gasteiger partial charge in [0.1, 0.15) is 11.5 Å². The van der Waals surface area contributed by atoms with Gasteiger partial charge in [-0.25, -0.2) is 4.99 Å². The predicted octanol–water partition coefficient (Wildman–Crippen LogP) is 3.24. The number of amidine groups is 1. The van der Waals surface area contributed by atoms with E-state index in [9.17, 15) is 10.2 Å². The van der Waals surface area contributed by atoms with Crippen LogP contribution in [0.4, 0.5) is 0 Å². The van der Waals surface area contributed by atoms with Crippen LogP contribution in [0.25, 0.3) is 0 Å². The number of nitrogens with one attached hydrogen (secondary N) is 1. The molecule has 0 bridgehead atoms. The van der Waals surface area contributed by atoms with Gasteiger partial charge in [-0.2, -0.15) is 0 Å². The van der Waals surface area contributed by atoms with Gasteiger partial charge in [-0.3, -0.25) is 5.41 Å². The first kappa shape index (κ1) is 13.8. The maximum Gasteiger partial charge on any atom is 0.152 e.